The van der Waals surface area contributed by atoms with Gasteiger partial charge < -0.3 is 14.5 Å². The van der Waals surface area contributed by atoms with E-state index in [1.807, 2.05) is 30.3 Å². The molecular formula is C17H15N5O3. The fourth-order valence-corrected chi connectivity index (χ4v) is 2.63. The summed E-state index contributed by atoms with van der Waals surface area (Å²) in [5.74, 6) is 1.04. The van der Waals surface area contributed by atoms with E-state index >= 15 is 0 Å². The molecule has 4 rings (SSSR count). The maximum atomic E-state index is 11.4. The van der Waals surface area contributed by atoms with Crippen LogP contribution in [0.1, 0.15) is 5.76 Å². The predicted molar refractivity (Wildman–Crippen MR) is 90.9 cm³/mol. The van der Waals surface area contributed by atoms with Crippen LogP contribution < -0.4 is 5.32 Å². The molecule has 0 radical (unpaired) electrons. The quantitative estimate of drug-likeness (QED) is 0.559. The molecule has 0 aliphatic heterocycles. The number of carbonyl (C=O) groups excluding carboxylic acids is 1. The number of benzene rings is 1. The number of fused-ring (bicyclic) bond motifs is 2. The van der Waals surface area contributed by atoms with Gasteiger partial charge in [-0.1, -0.05) is 18.2 Å². The Labute approximate surface area is 142 Å². The van der Waals surface area contributed by atoms with E-state index in [0.717, 1.165) is 22.1 Å². The number of hydrogen-bond acceptors (Lipinski definition) is 7. The summed E-state index contributed by atoms with van der Waals surface area (Å²) in [5, 5.41) is 9.19. The highest BCUT2D eigenvalue weighted by Crippen LogP contribution is 2.22. The van der Waals surface area contributed by atoms with E-state index in [0.29, 0.717) is 18.0 Å². The van der Waals surface area contributed by atoms with Crippen LogP contribution in [0.5, 0.6) is 0 Å². The highest BCUT2D eigenvalue weighted by molar-refractivity contribution is 5.87. The highest BCUT2D eigenvalue weighted by atomic mass is 16.5. The number of nitrogens with one attached hydrogen (secondary N) is 1. The van der Waals surface area contributed by atoms with E-state index in [4.69, 9.17) is 4.42 Å². The normalized spacial score (nSPS) is 11.1. The van der Waals surface area contributed by atoms with E-state index in [1.165, 1.54) is 18.1 Å². The van der Waals surface area contributed by atoms with Crippen LogP contribution >= 0.6 is 0 Å². The van der Waals surface area contributed by atoms with Gasteiger partial charge in [-0.25, -0.2) is 14.6 Å². The van der Waals surface area contributed by atoms with Crippen LogP contribution in [0.15, 0.2) is 47.3 Å². The molecule has 0 saturated carbocycles. The molecule has 0 spiro atoms. The van der Waals surface area contributed by atoms with E-state index in [9.17, 15) is 4.79 Å². The minimum Gasteiger partial charge on any atom is -0.468 e. The molecule has 0 amide bonds. The van der Waals surface area contributed by atoms with Crippen LogP contribution in [0.2, 0.25) is 0 Å². The number of hydrogen-bond donors (Lipinski definition) is 1. The lowest BCUT2D eigenvalue weighted by Gasteiger charge is -2.05. The minimum atomic E-state index is -0.389. The largest absolute Gasteiger partial charge is 0.468 e. The van der Waals surface area contributed by atoms with E-state index in [2.05, 4.69) is 25.1 Å². The lowest BCUT2D eigenvalue weighted by molar-refractivity contribution is -0.141. The molecule has 1 aromatic carbocycles. The number of anilines is 1. The Morgan fingerprint density at radius 2 is 2.20 bits per heavy atom. The summed E-state index contributed by atoms with van der Waals surface area (Å²) in [5.41, 5.74) is 1.41. The van der Waals surface area contributed by atoms with Crippen molar-refractivity contribution >= 4 is 33.8 Å². The molecule has 0 fully saturated rings. The molecule has 0 atom stereocenters. The Balaban J connectivity index is 1.57. The summed E-state index contributed by atoms with van der Waals surface area (Å²) in [7, 11) is 1.34. The molecule has 4 aromatic rings. The lowest BCUT2D eigenvalue weighted by Crippen LogP contribution is -2.13. The Morgan fingerprint density at radius 3 is 3.04 bits per heavy atom. The van der Waals surface area contributed by atoms with Gasteiger partial charge in [-0.3, -0.25) is 4.79 Å². The van der Waals surface area contributed by atoms with Gasteiger partial charge in [0.1, 0.15) is 30.0 Å². The monoisotopic (exact) mass is 337 g/mol. The maximum absolute atomic E-state index is 11.4. The average molecular weight is 337 g/mol. The molecule has 0 aliphatic rings. The molecule has 8 nitrogen and oxygen atoms in total. The van der Waals surface area contributed by atoms with Crippen LogP contribution in [0.25, 0.3) is 22.0 Å². The molecule has 0 aliphatic carbocycles. The lowest BCUT2D eigenvalue weighted by atomic mass is 10.2. The molecule has 3 heterocycles. The first-order valence-electron chi connectivity index (χ1n) is 7.69. The first-order valence-corrected chi connectivity index (χ1v) is 7.69. The Hall–Kier alpha value is -3.42. The third kappa shape index (κ3) is 2.89. The van der Waals surface area contributed by atoms with Crippen molar-refractivity contribution in [3.05, 3.63) is 48.6 Å². The Morgan fingerprint density at radius 1 is 1.32 bits per heavy atom. The summed E-state index contributed by atoms with van der Waals surface area (Å²) in [6, 6.07) is 9.83. The molecule has 1 N–H and O–H groups in total. The first-order chi connectivity index (χ1) is 12.2. The summed E-state index contributed by atoms with van der Waals surface area (Å²) in [4.78, 5) is 19.9. The molecule has 0 unspecified atom stereocenters. The van der Waals surface area contributed by atoms with E-state index in [-0.39, 0.29) is 12.5 Å². The van der Waals surface area contributed by atoms with Gasteiger partial charge in [0.2, 0.25) is 0 Å². The number of carbonyl (C=O) groups is 1. The van der Waals surface area contributed by atoms with Crippen molar-refractivity contribution in [2.75, 3.05) is 12.4 Å². The SMILES string of the molecule is COC(=O)Cn1ncc2c(NCc3cc4ccccc4o3)ncnc21. The molecule has 126 valence electrons. The number of methoxy groups -OCH3 is 1. The predicted octanol–water partition coefficient (Wildman–Crippen LogP) is 2.36. The van der Waals surface area contributed by atoms with Crippen molar-refractivity contribution in [3.63, 3.8) is 0 Å². The highest BCUT2D eigenvalue weighted by Gasteiger charge is 2.13. The topological polar surface area (TPSA) is 95.1 Å². The second-order valence-electron chi connectivity index (χ2n) is 5.44. The maximum Gasteiger partial charge on any atom is 0.327 e. The molecule has 0 bridgehead atoms. The zero-order chi connectivity index (χ0) is 17.2. The number of ether oxygens (including phenoxy) is 1. The van der Waals surface area contributed by atoms with Crippen LogP contribution in [0.4, 0.5) is 5.82 Å². The van der Waals surface area contributed by atoms with Crippen molar-refractivity contribution < 1.29 is 13.9 Å². The average Bonchev–Trinajstić information content (AvgIpc) is 3.24. The number of para-hydroxylation sites is 1. The summed E-state index contributed by atoms with van der Waals surface area (Å²) in [6.45, 7) is 0.475. The summed E-state index contributed by atoms with van der Waals surface area (Å²) in [6.07, 6.45) is 3.05. The number of rotatable bonds is 5. The van der Waals surface area contributed by atoms with Gasteiger partial charge >= 0.3 is 5.97 Å². The van der Waals surface area contributed by atoms with E-state index in [1.54, 1.807) is 6.20 Å². The zero-order valence-electron chi connectivity index (χ0n) is 13.5. The third-order valence-electron chi connectivity index (χ3n) is 3.85. The molecule has 3 aromatic heterocycles. The van der Waals surface area contributed by atoms with Gasteiger partial charge in [-0.05, 0) is 12.1 Å². The fraction of sp³-hybridized carbons (Fsp3) is 0.176. The van der Waals surface area contributed by atoms with Crippen molar-refractivity contribution in [3.8, 4) is 0 Å². The molecular weight excluding hydrogens is 322 g/mol. The van der Waals surface area contributed by atoms with Gasteiger partial charge in [0, 0.05) is 5.39 Å². The molecule has 8 heteroatoms. The van der Waals surface area contributed by atoms with Crippen LogP contribution in [-0.2, 0) is 22.6 Å². The van der Waals surface area contributed by atoms with Crippen molar-refractivity contribution in [2.45, 2.75) is 13.1 Å². The Bertz CT molecular complexity index is 1020. The van der Waals surface area contributed by atoms with Crippen molar-refractivity contribution in [1.29, 1.82) is 0 Å². The van der Waals surface area contributed by atoms with Crippen LogP contribution in [0, 0.1) is 0 Å². The number of esters is 1. The van der Waals surface area contributed by atoms with Crippen molar-refractivity contribution in [2.24, 2.45) is 0 Å². The molecule has 0 saturated heterocycles. The van der Waals surface area contributed by atoms with Gasteiger partial charge in [0.05, 0.1) is 25.2 Å². The van der Waals surface area contributed by atoms with Gasteiger partial charge in [0.15, 0.2) is 5.65 Å². The second-order valence-corrected chi connectivity index (χ2v) is 5.44. The third-order valence-corrected chi connectivity index (χ3v) is 3.85. The smallest absolute Gasteiger partial charge is 0.327 e. The van der Waals surface area contributed by atoms with Crippen LogP contribution in [-0.4, -0.2) is 32.8 Å². The number of nitrogens with zero attached hydrogens (tertiary/aromatic N) is 4. The fourth-order valence-electron chi connectivity index (χ4n) is 2.63. The molecule has 25 heavy (non-hydrogen) atoms. The van der Waals surface area contributed by atoms with Gasteiger partial charge in [0.25, 0.3) is 0 Å². The van der Waals surface area contributed by atoms with Crippen molar-refractivity contribution in [1.82, 2.24) is 19.7 Å². The Kier molecular flexibility index (Phi) is 3.77. The first kappa shape index (κ1) is 15.1. The van der Waals surface area contributed by atoms with Gasteiger partial charge in [-0.2, -0.15) is 5.10 Å². The van der Waals surface area contributed by atoms with Crippen LogP contribution in [0.3, 0.4) is 0 Å². The number of aromatic nitrogens is 4. The number of furan rings is 1. The van der Waals surface area contributed by atoms with Gasteiger partial charge in [-0.15, -0.1) is 0 Å². The second kappa shape index (κ2) is 6.23. The van der Waals surface area contributed by atoms with E-state index < -0.39 is 0 Å². The zero-order valence-corrected chi connectivity index (χ0v) is 13.5. The minimum absolute atomic E-state index is 0.0000264. The summed E-state index contributed by atoms with van der Waals surface area (Å²) >= 11 is 0. The standard InChI is InChI=1S/C17H15N5O3/c1-24-15(23)9-22-17-13(8-21-22)16(19-10-20-17)18-7-12-6-11-4-2-3-5-14(11)25-12/h2-6,8,10H,7,9H2,1H3,(H,18,19,20). The summed E-state index contributed by atoms with van der Waals surface area (Å²) < 4.78 is 11.9.